The van der Waals surface area contributed by atoms with Crippen molar-refractivity contribution in [3.05, 3.63) is 11.1 Å². The van der Waals surface area contributed by atoms with Gasteiger partial charge < -0.3 is 31.3 Å². The van der Waals surface area contributed by atoms with Gasteiger partial charge >= 0.3 is 0 Å². The summed E-state index contributed by atoms with van der Waals surface area (Å²) in [6.07, 6.45) is 0. The Kier molecular flexibility index (Phi) is 4.18. The molecule has 0 aliphatic rings. The first-order valence-electron chi connectivity index (χ1n) is 5.07. The van der Waals surface area contributed by atoms with Crippen LogP contribution in [0.15, 0.2) is 0 Å². The molecule has 1 heterocycles. The first-order valence-corrected chi connectivity index (χ1v) is 5.07. The molecule has 1 rings (SSSR count). The number of nitrogens with two attached hydrogens (primary N) is 1. The monoisotopic (exact) mass is 260 g/mol. The molecule has 18 heavy (non-hydrogen) atoms. The number of aromatic nitrogens is 2. The van der Waals surface area contributed by atoms with E-state index < -0.39 is 11.1 Å². The zero-order valence-electron chi connectivity index (χ0n) is 9.54. The van der Waals surface area contributed by atoms with Gasteiger partial charge in [0.1, 0.15) is 5.69 Å². The fraction of sp³-hybridized carbons (Fsp3) is 0.500. The van der Waals surface area contributed by atoms with Crippen molar-refractivity contribution in [3.8, 4) is 0 Å². The van der Waals surface area contributed by atoms with E-state index >= 15 is 0 Å². The molecule has 0 atom stereocenters. The molecule has 0 amide bonds. The van der Waals surface area contributed by atoms with Gasteiger partial charge in [0.15, 0.2) is 11.3 Å². The fourth-order valence-corrected chi connectivity index (χ4v) is 1.52. The summed E-state index contributed by atoms with van der Waals surface area (Å²) in [5.74, 6) is -0.336. The third kappa shape index (κ3) is 2.24. The molecule has 0 saturated heterocycles. The zero-order chi connectivity index (χ0) is 13.9. The average molecular weight is 260 g/mol. The summed E-state index contributed by atoms with van der Waals surface area (Å²) in [7, 11) is 0. The van der Waals surface area contributed by atoms with Gasteiger partial charge in [-0.05, 0) is 0 Å². The lowest BCUT2D eigenvalue weighted by molar-refractivity contribution is 0.0960. The number of nitrogen functional groups attached to an aromatic ring is 1. The number of nitrogens with zero attached hydrogens (tertiary/aromatic N) is 3. The minimum Gasteiger partial charge on any atom is -0.423 e. The maximum Gasteiger partial charge on any atom is 0.273 e. The zero-order valence-corrected chi connectivity index (χ0v) is 9.54. The number of anilines is 2. The van der Waals surface area contributed by atoms with E-state index in [1.54, 1.807) is 0 Å². The van der Waals surface area contributed by atoms with Gasteiger partial charge in [0.25, 0.3) is 5.62 Å². The Hall–Kier alpha value is -2.20. The second-order valence-corrected chi connectivity index (χ2v) is 3.46. The summed E-state index contributed by atoms with van der Waals surface area (Å²) in [4.78, 5) is 1.32. The molecule has 8 N–H and O–H groups in total. The highest BCUT2D eigenvalue weighted by molar-refractivity contribution is 5.61. The standard InChI is InChI=1S/C8H16N6O4/c9-6-5(12(1-3-15)2-4-16)7(10)14(18)8(11)13(6)17/h9,11,15-18H,1-4,10H2. The summed E-state index contributed by atoms with van der Waals surface area (Å²) in [5.41, 5.74) is 4.17. The van der Waals surface area contributed by atoms with Crippen LogP contribution in [-0.2, 0) is 0 Å². The molecule has 0 unspecified atom stereocenters. The van der Waals surface area contributed by atoms with Crippen molar-refractivity contribution in [1.82, 2.24) is 9.46 Å². The van der Waals surface area contributed by atoms with Crippen LogP contribution in [0.2, 0.25) is 0 Å². The second kappa shape index (κ2) is 5.42. The summed E-state index contributed by atoms with van der Waals surface area (Å²) in [6.45, 7) is -0.432. The molecule has 0 bridgehead atoms. The Balaban J connectivity index is 3.47. The molecule has 0 fully saturated rings. The number of hydrogen-bond acceptors (Lipinski definition) is 8. The van der Waals surface area contributed by atoms with E-state index in [0.717, 1.165) is 0 Å². The van der Waals surface area contributed by atoms with E-state index in [2.05, 4.69) is 0 Å². The molecule has 10 nitrogen and oxygen atoms in total. The van der Waals surface area contributed by atoms with Gasteiger partial charge in [-0.25, -0.2) is 0 Å². The van der Waals surface area contributed by atoms with E-state index in [9.17, 15) is 10.4 Å². The maximum atomic E-state index is 9.47. The highest BCUT2D eigenvalue weighted by Gasteiger charge is 2.18. The Morgan fingerprint density at radius 1 is 1.06 bits per heavy atom. The molecular weight excluding hydrogens is 244 g/mol. The number of aliphatic hydroxyl groups is 2. The molecule has 0 spiro atoms. The predicted molar refractivity (Wildman–Crippen MR) is 59.3 cm³/mol. The Morgan fingerprint density at radius 3 is 2.00 bits per heavy atom. The molecule has 0 radical (unpaired) electrons. The van der Waals surface area contributed by atoms with E-state index in [0.29, 0.717) is 0 Å². The summed E-state index contributed by atoms with van der Waals surface area (Å²) < 4.78 is 0.336. The van der Waals surface area contributed by atoms with Crippen LogP contribution in [0.3, 0.4) is 0 Å². The molecule has 0 aliphatic heterocycles. The molecule has 1 aromatic rings. The summed E-state index contributed by atoms with van der Waals surface area (Å²) >= 11 is 0. The van der Waals surface area contributed by atoms with Gasteiger partial charge in [0.05, 0.1) is 13.2 Å². The average Bonchev–Trinajstić information content (AvgIpc) is 2.35. The molecule has 102 valence electrons. The highest BCUT2D eigenvalue weighted by atomic mass is 16.5. The third-order valence-corrected chi connectivity index (χ3v) is 2.36. The number of hydrogen-bond donors (Lipinski definition) is 7. The lowest BCUT2D eigenvalue weighted by Gasteiger charge is -2.25. The SMILES string of the molecule is N=c1c(N(CCO)CCO)c(N)n(O)c(=N)n1O. The topological polar surface area (TPSA) is 168 Å². The maximum absolute atomic E-state index is 9.47. The van der Waals surface area contributed by atoms with Crippen molar-refractivity contribution in [1.29, 1.82) is 10.8 Å². The smallest absolute Gasteiger partial charge is 0.273 e. The number of nitrogens with one attached hydrogen (secondary N) is 2. The van der Waals surface area contributed by atoms with Crippen molar-refractivity contribution >= 4 is 11.5 Å². The van der Waals surface area contributed by atoms with E-state index in [1.165, 1.54) is 4.90 Å². The Labute approximate surface area is 101 Å². The van der Waals surface area contributed by atoms with Crippen molar-refractivity contribution in [2.75, 3.05) is 36.9 Å². The fourth-order valence-electron chi connectivity index (χ4n) is 1.52. The minimum atomic E-state index is -0.783. The van der Waals surface area contributed by atoms with E-state index in [-0.39, 0.29) is 47.3 Å². The minimum absolute atomic E-state index is 0.0496. The van der Waals surface area contributed by atoms with Gasteiger partial charge in [0.2, 0.25) is 0 Å². The van der Waals surface area contributed by atoms with Crippen molar-refractivity contribution in [2.45, 2.75) is 0 Å². The Bertz CT molecular complexity index is 530. The van der Waals surface area contributed by atoms with Gasteiger partial charge in [-0.3, -0.25) is 10.8 Å². The number of rotatable bonds is 5. The Morgan fingerprint density at radius 2 is 1.56 bits per heavy atom. The number of aliphatic hydroxyl groups excluding tert-OH is 2. The van der Waals surface area contributed by atoms with Crippen LogP contribution < -0.4 is 21.7 Å². The third-order valence-electron chi connectivity index (χ3n) is 2.36. The van der Waals surface area contributed by atoms with Crippen LogP contribution in [0, 0.1) is 10.8 Å². The lowest BCUT2D eigenvalue weighted by Crippen LogP contribution is -2.45. The summed E-state index contributed by atoms with van der Waals surface area (Å²) in [6, 6.07) is 0. The van der Waals surface area contributed by atoms with Crippen molar-refractivity contribution < 1.29 is 20.6 Å². The largest absolute Gasteiger partial charge is 0.423 e. The van der Waals surface area contributed by atoms with Crippen LogP contribution in [0.25, 0.3) is 0 Å². The first-order chi connectivity index (χ1) is 8.45. The van der Waals surface area contributed by atoms with Crippen LogP contribution in [0.4, 0.5) is 11.5 Å². The van der Waals surface area contributed by atoms with E-state index in [4.69, 9.17) is 26.8 Å². The van der Waals surface area contributed by atoms with Crippen LogP contribution in [0.1, 0.15) is 0 Å². The molecule has 1 aromatic heterocycles. The van der Waals surface area contributed by atoms with Crippen molar-refractivity contribution in [2.24, 2.45) is 0 Å². The second-order valence-electron chi connectivity index (χ2n) is 3.46. The van der Waals surface area contributed by atoms with Gasteiger partial charge in [-0.1, -0.05) is 0 Å². The summed E-state index contributed by atoms with van der Waals surface area (Å²) in [5, 5.41) is 51.6. The lowest BCUT2D eigenvalue weighted by atomic mass is 10.3. The van der Waals surface area contributed by atoms with E-state index in [1.807, 2.05) is 0 Å². The molecule has 10 heteroatoms. The van der Waals surface area contributed by atoms with Crippen LogP contribution in [-0.4, -0.2) is 56.4 Å². The first kappa shape index (κ1) is 13.9. The predicted octanol–water partition coefficient (Wildman–Crippen LogP) is -2.90. The van der Waals surface area contributed by atoms with Gasteiger partial charge in [-0.2, -0.15) is 0 Å². The molecular formula is C8H16N6O4. The molecule has 0 aromatic carbocycles. The molecule has 0 saturated carbocycles. The normalized spacial score (nSPS) is 10.6. The van der Waals surface area contributed by atoms with Gasteiger partial charge in [-0.15, -0.1) is 9.46 Å². The van der Waals surface area contributed by atoms with Crippen LogP contribution in [0.5, 0.6) is 0 Å². The highest BCUT2D eigenvalue weighted by Crippen LogP contribution is 2.14. The molecule has 0 aliphatic carbocycles. The quantitative estimate of drug-likeness (QED) is 0.280. The van der Waals surface area contributed by atoms with Crippen LogP contribution >= 0.6 is 0 Å². The van der Waals surface area contributed by atoms with Crippen molar-refractivity contribution in [3.63, 3.8) is 0 Å². The van der Waals surface area contributed by atoms with Gasteiger partial charge in [0, 0.05) is 13.1 Å².